The molecule has 0 bridgehead atoms. The zero-order chi connectivity index (χ0) is 20.6. The molecule has 29 heavy (non-hydrogen) atoms. The van der Waals surface area contributed by atoms with Gasteiger partial charge in [-0.1, -0.05) is 54.1 Å². The largest absolute Gasteiger partial charge is 0.493 e. The van der Waals surface area contributed by atoms with Gasteiger partial charge in [-0.2, -0.15) is 0 Å². The molecule has 5 heteroatoms. The van der Waals surface area contributed by atoms with Crippen molar-refractivity contribution in [3.05, 3.63) is 94.5 Å². The molecule has 0 heterocycles. The first kappa shape index (κ1) is 20.5. The Kier molecular flexibility index (Phi) is 6.93. The highest BCUT2D eigenvalue weighted by Crippen LogP contribution is 2.29. The average molecular weight is 408 g/mol. The number of methoxy groups -OCH3 is 1. The maximum Gasteiger partial charge on any atom is 0.248 e. The van der Waals surface area contributed by atoms with E-state index >= 15 is 0 Å². The Morgan fingerprint density at radius 1 is 1.03 bits per heavy atom. The standard InChI is InChI=1S/C24H22ClNO3/c1-17-8-11-20(15-21(17)25)26-24(27)13-10-18-9-12-22(23(14-18)28-2)29-16-19-6-4-3-5-7-19/h3-15H,16H2,1-2H3,(H,26,27). The number of anilines is 1. The zero-order valence-electron chi connectivity index (χ0n) is 16.3. The fourth-order valence-corrected chi connectivity index (χ4v) is 2.85. The maximum atomic E-state index is 12.2. The van der Waals surface area contributed by atoms with Crippen LogP contribution in [-0.2, 0) is 11.4 Å². The lowest BCUT2D eigenvalue weighted by molar-refractivity contribution is -0.111. The van der Waals surface area contributed by atoms with E-state index in [9.17, 15) is 4.79 Å². The Morgan fingerprint density at radius 3 is 2.55 bits per heavy atom. The van der Waals surface area contributed by atoms with E-state index in [1.807, 2.05) is 67.6 Å². The van der Waals surface area contributed by atoms with E-state index in [-0.39, 0.29) is 5.91 Å². The van der Waals surface area contributed by atoms with Crippen LogP contribution >= 0.6 is 11.6 Å². The Morgan fingerprint density at radius 2 is 1.83 bits per heavy atom. The predicted octanol–water partition coefficient (Wildman–Crippen LogP) is 5.89. The maximum absolute atomic E-state index is 12.2. The predicted molar refractivity (Wildman–Crippen MR) is 118 cm³/mol. The lowest BCUT2D eigenvalue weighted by atomic mass is 10.2. The molecule has 148 valence electrons. The molecule has 0 saturated heterocycles. The summed E-state index contributed by atoms with van der Waals surface area (Å²) in [5.41, 5.74) is 3.51. The van der Waals surface area contributed by atoms with Gasteiger partial charge in [-0.15, -0.1) is 0 Å². The normalized spacial score (nSPS) is 10.7. The number of ether oxygens (including phenoxy) is 2. The summed E-state index contributed by atoms with van der Waals surface area (Å²) in [5.74, 6) is 1.01. The van der Waals surface area contributed by atoms with Crippen molar-refractivity contribution < 1.29 is 14.3 Å². The van der Waals surface area contributed by atoms with Gasteiger partial charge in [0.25, 0.3) is 0 Å². The van der Waals surface area contributed by atoms with Gasteiger partial charge in [-0.25, -0.2) is 0 Å². The van der Waals surface area contributed by atoms with Crippen LogP contribution in [0.25, 0.3) is 6.08 Å². The molecule has 3 rings (SSSR count). The third-order valence-electron chi connectivity index (χ3n) is 4.29. The van der Waals surface area contributed by atoms with Gasteiger partial charge in [0.1, 0.15) is 6.61 Å². The highest BCUT2D eigenvalue weighted by molar-refractivity contribution is 6.31. The zero-order valence-corrected chi connectivity index (χ0v) is 17.1. The number of halogens is 1. The van der Waals surface area contributed by atoms with E-state index in [4.69, 9.17) is 21.1 Å². The summed E-state index contributed by atoms with van der Waals surface area (Å²) in [6.45, 7) is 2.36. The van der Waals surface area contributed by atoms with Gasteiger partial charge in [-0.3, -0.25) is 4.79 Å². The number of amides is 1. The number of hydrogen-bond acceptors (Lipinski definition) is 3. The molecule has 3 aromatic carbocycles. The minimum atomic E-state index is -0.242. The highest BCUT2D eigenvalue weighted by Gasteiger charge is 2.06. The first-order chi connectivity index (χ1) is 14.0. The summed E-state index contributed by atoms with van der Waals surface area (Å²) in [6.07, 6.45) is 3.18. The molecular formula is C24H22ClNO3. The molecule has 0 aliphatic heterocycles. The van der Waals surface area contributed by atoms with Gasteiger partial charge in [0.05, 0.1) is 7.11 Å². The lowest BCUT2D eigenvalue weighted by Crippen LogP contribution is -2.07. The SMILES string of the molecule is COc1cc(C=CC(=O)Nc2ccc(C)c(Cl)c2)ccc1OCc1ccccc1. The second-order valence-corrected chi connectivity index (χ2v) is 6.88. The van der Waals surface area contributed by atoms with Crippen molar-refractivity contribution in [1.82, 2.24) is 0 Å². The summed E-state index contributed by atoms with van der Waals surface area (Å²) < 4.78 is 11.3. The Hall–Kier alpha value is -3.24. The van der Waals surface area contributed by atoms with E-state index in [1.165, 1.54) is 6.08 Å². The number of hydrogen-bond donors (Lipinski definition) is 1. The fraction of sp³-hybridized carbons (Fsp3) is 0.125. The minimum absolute atomic E-state index is 0.242. The quantitative estimate of drug-likeness (QED) is 0.497. The summed E-state index contributed by atoms with van der Waals surface area (Å²) in [6, 6.07) is 20.8. The topological polar surface area (TPSA) is 47.6 Å². The van der Waals surface area contributed by atoms with Crippen LogP contribution in [0.3, 0.4) is 0 Å². The Bertz CT molecular complexity index is 1020. The van der Waals surface area contributed by atoms with Crippen LogP contribution in [0.15, 0.2) is 72.8 Å². The lowest BCUT2D eigenvalue weighted by Gasteiger charge is -2.11. The molecule has 4 nitrogen and oxygen atoms in total. The molecule has 0 radical (unpaired) electrons. The van der Waals surface area contributed by atoms with Crippen molar-refractivity contribution in [2.24, 2.45) is 0 Å². The van der Waals surface area contributed by atoms with E-state index in [2.05, 4.69) is 5.32 Å². The van der Waals surface area contributed by atoms with Gasteiger partial charge in [0, 0.05) is 16.8 Å². The van der Waals surface area contributed by atoms with Crippen molar-refractivity contribution in [2.45, 2.75) is 13.5 Å². The number of carbonyl (C=O) groups excluding carboxylic acids is 1. The molecular weight excluding hydrogens is 386 g/mol. The average Bonchev–Trinajstić information content (AvgIpc) is 2.74. The van der Waals surface area contributed by atoms with Crippen molar-refractivity contribution in [3.63, 3.8) is 0 Å². The first-order valence-corrected chi connectivity index (χ1v) is 9.53. The molecule has 0 aliphatic rings. The molecule has 0 saturated carbocycles. The van der Waals surface area contributed by atoms with Crippen LogP contribution in [0.5, 0.6) is 11.5 Å². The number of benzene rings is 3. The monoisotopic (exact) mass is 407 g/mol. The number of aryl methyl sites for hydroxylation is 1. The van der Waals surface area contributed by atoms with E-state index < -0.39 is 0 Å². The molecule has 0 fully saturated rings. The van der Waals surface area contributed by atoms with E-state index in [0.29, 0.717) is 28.8 Å². The van der Waals surface area contributed by atoms with Crippen LogP contribution in [-0.4, -0.2) is 13.0 Å². The summed E-state index contributed by atoms with van der Waals surface area (Å²) in [5, 5.41) is 3.41. The van der Waals surface area contributed by atoms with Crippen LogP contribution in [0, 0.1) is 6.92 Å². The van der Waals surface area contributed by atoms with Crippen molar-refractivity contribution in [1.29, 1.82) is 0 Å². The molecule has 0 aromatic heterocycles. The summed E-state index contributed by atoms with van der Waals surface area (Å²) in [7, 11) is 1.59. The smallest absolute Gasteiger partial charge is 0.248 e. The molecule has 0 atom stereocenters. The number of nitrogens with one attached hydrogen (secondary N) is 1. The summed E-state index contributed by atoms with van der Waals surface area (Å²) >= 11 is 6.09. The molecule has 3 aromatic rings. The molecule has 0 unspecified atom stereocenters. The van der Waals surface area contributed by atoms with Gasteiger partial charge >= 0.3 is 0 Å². The Labute approximate surface area is 175 Å². The van der Waals surface area contributed by atoms with Crippen molar-refractivity contribution >= 4 is 29.3 Å². The van der Waals surface area contributed by atoms with E-state index in [0.717, 1.165) is 16.7 Å². The summed E-state index contributed by atoms with van der Waals surface area (Å²) in [4.78, 5) is 12.2. The second-order valence-electron chi connectivity index (χ2n) is 6.47. The van der Waals surface area contributed by atoms with Crippen LogP contribution in [0.2, 0.25) is 5.02 Å². The van der Waals surface area contributed by atoms with Crippen molar-refractivity contribution in [3.8, 4) is 11.5 Å². The minimum Gasteiger partial charge on any atom is -0.493 e. The molecule has 0 spiro atoms. The number of rotatable bonds is 7. The third-order valence-corrected chi connectivity index (χ3v) is 4.70. The number of carbonyl (C=O) groups is 1. The van der Waals surface area contributed by atoms with Crippen LogP contribution < -0.4 is 14.8 Å². The van der Waals surface area contributed by atoms with Gasteiger partial charge < -0.3 is 14.8 Å². The Balaban J connectivity index is 1.64. The van der Waals surface area contributed by atoms with Gasteiger partial charge in [0.15, 0.2) is 11.5 Å². The van der Waals surface area contributed by atoms with Gasteiger partial charge in [0.2, 0.25) is 5.91 Å². The van der Waals surface area contributed by atoms with Gasteiger partial charge in [-0.05, 0) is 54.0 Å². The second kappa shape index (κ2) is 9.80. The van der Waals surface area contributed by atoms with Crippen molar-refractivity contribution in [2.75, 3.05) is 12.4 Å². The third kappa shape index (κ3) is 5.87. The fourth-order valence-electron chi connectivity index (χ4n) is 2.67. The first-order valence-electron chi connectivity index (χ1n) is 9.15. The molecule has 1 N–H and O–H groups in total. The van der Waals surface area contributed by atoms with Crippen LogP contribution in [0.1, 0.15) is 16.7 Å². The van der Waals surface area contributed by atoms with Crippen LogP contribution in [0.4, 0.5) is 5.69 Å². The van der Waals surface area contributed by atoms with E-state index in [1.54, 1.807) is 19.3 Å². The molecule has 0 aliphatic carbocycles. The molecule has 1 amide bonds. The highest BCUT2D eigenvalue weighted by atomic mass is 35.5.